The van der Waals surface area contributed by atoms with Gasteiger partial charge in [0, 0.05) is 50.8 Å². The lowest BCUT2D eigenvalue weighted by molar-refractivity contribution is 0.222. The highest BCUT2D eigenvalue weighted by molar-refractivity contribution is 5.89. The van der Waals surface area contributed by atoms with Crippen molar-refractivity contribution in [1.29, 1.82) is 0 Å². The van der Waals surface area contributed by atoms with Crippen molar-refractivity contribution in [3.8, 4) is 0 Å². The predicted octanol–water partition coefficient (Wildman–Crippen LogP) is 2.87. The number of rotatable bonds is 7. The number of likely N-dealkylation sites (tertiary alicyclic amines) is 1. The van der Waals surface area contributed by atoms with Crippen molar-refractivity contribution in [2.45, 2.75) is 32.9 Å². The smallest absolute Gasteiger partial charge is 0.321 e. The Hall–Kier alpha value is -2.96. The summed E-state index contributed by atoms with van der Waals surface area (Å²) < 4.78 is 2.13. The minimum absolute atomic E-state index is 0.0156. The maximum Gasteiger partial charge on any atom is 0.321 e. The van der Waals surface area contributed by atoms with Crippen molar-refractivity contribution in [2.75, 3.05) is 31.5 Å². The molecule has 7 nitrogen and oxygen atoms in total. The van der Waals surface area contributed by atoms with Gasteiger partial charge in [-0.05, 0) is 49.6 Å². The van der Waals surface area contributed by atoms with Crippen LogP contribution in [0.1, 0.15) is 25.3 Å². The minimum Gasteiger partial charge on any atom is -0.357 e. The molecule has 0 saturated carbocycles. The number of amides is 2. The molecule has 2 aromatic rings. The Morgan fingerprint density at radius 3 is 2.64 bits per heavy atom. The highest BCUT2D eigenvalue weighted by Crippen LogP contribution is 2.14. The Kier molecular flexibility index (Phi) is 7.35. The van der Waals surface area contributed by atoms with Gasteiger partial charge >= 0.3 is 6.03 Å². The molecule has 150 valence electrons. The lowest BCUT2D eigenvalue weighted by atomic mass is 10.2. The number of hydrogen-bond acceptors (Lipinski definition) is 2. The molecule has 0 atom stereocenters. The molecule has 1 aromatic heterocycles. The fourth-order valence-electron chi connectivity index (χ4n) is 3.20. The van der Waals surface area contributed by atoms with Crippen molar-refractivity contribution >= 4 is 17.7 Å². The van der Waals surface area contributed by atoms with Crippen LogP contribution in [-0.4, -0.2) is 47.6 Å². The van der Waals surface area contributed by atoms with E-state index in [4.69, 9.17) is 0 Å². The minimum atomic E-state index is -0.0156. The lowest BCUT2D eigenvalue weighted by Gasteiger charge is -2.16. The number of guanidine groups is 1. The molecule has 1 aromatic carbocycles. The Balaban J connectivity index is 1.53. The Labute approximate surface area is 166 Å². The molecule has 1 fully saturated rings. The zero-order chi connectivity index (χ0) is 19.6. The van der Waals surface area contributed by atoms with E-state index >= 15 is 0 Å². The second kappa shape index (κ2) is 10.4. The van der Waals surface area contributed by atoms with Crippen molar-refractivity contribution in [3.05, 3.63) is 54.4 Å². The van der Waals surface area contributed by atoms with Crippen LogP contribution in [-0.2, 0) is 13.1 Å². The van der Waals surface area contributed by atoms with Crippen molar-refractivity contribution in [3.63, 3.8) is 0 Å². The summed E-state index contributed by atoms with van der Waals surface area (Å²) in [5.74, 6) is 0.793. The molecule has 3 rings (SSSR count). The highest BCUT2D eigenvalue weighted by Gasteiger charge is 2.17. The Morgan fingerprint density at radius 2 is 1.89 bits per heavy atom. The van der Waals surface area contributed by atoms with Crippen molar-refractivity contribution in [2.24, 2.45) is 4.99 Å². The summed E-state index contributed by atoms with van der Waals surface area (Å²) in [6, 6.07) is 11.9. The second-order valence-electron chi connectivity index (χ2n) is 6.87. The maximum atomic E-state index is 12.3. The van der Waals surface area contributed by atoms with Crippen molar-refractivity contribution < 1.29 is 4.79 Å². The van der Waals surface area contributed by atoms with Gasteiger partial charge < -0.3 is 25.4 Å². The van der Waals surface area contributed by atoms with E-state index in [1.165, 1.54) is 0 Å². The fourth-order valence-corrected chi connectivity index (χ4v) is 3.20. The van der Waals surface area contributed by atoms with Gasteiger partial charge in [0.05, 0.1) is 6.54 Å². The standard InChI is InChI=1S/C21H30N6O/c1-2-22-20(23-10-15-26-11-3-4-12-26)24-17-18-8-7-9-19(16-18)25-21(28)27-13-5-6-14-27/h3-4,7-9,11-12,16H,2,5-6,10,13-15,17H2,1H3,(H,25,28)(H2,22,23,24). The van der Waals surface area contributed by atoms with Crippen molar-refractivity contribution in [1.82, 2.24) is 20.1 Å². The molecule has 7 heteroatoms. The molecule has 0 unspecified atom stereocenters. The number of urea groups is 1. The average Bonchev–Trinajstić information content (AvgIpc) is 3.40. The van der Waals surface area contributed by atoms with Gasteiger partial charge in [-0.25, -0.2) is 9.79 Å². The molecular formula is C21H30N6O. The average molecular weight is 383 g/mol. The number of benzene rings is 1. The van der Waals surface area contributed by atoms with Crippen LogP contribution < -0.4 is 16.0 Å². The first-order valence-electron chi connectivity index (χ1n) is 10.0. The zero-order valence-corrected chi connectivity index (χ0v) is 16.5. The molecular weight excluding hydrogens is 352 g/mol. The van der Waals surface area contributed by atoms with E-state index in [0.717, 1.165) is 62.8 Å². The summed E-state index contributed by atoms with van der Waals surface area (Å²) in [6.07, 6.45) is 6.28. The van der Waals surface area contributed by atoms with Gasteiger partial charge in [0.2, 0.25) is 0 Å². The Morgan fingerprint density at radius 1 is 1.11 bits per heavy atom. The molecule has 0 aliphatic carbocycles. The van der Waals surface area contributed by atoms with Crippen LogP contribution in [0.2, 0.25) is 0 Å². The van der Waals surface area contributed by atoms with Gasteiger partial charge in [-0.15, -0.1) is 0 Å². The van der Waals surface area contributed by atoms with Gasteiger partial charge in [0.1, 0.15) is 0 Å². The van der Waals surface area contributed by atoms with E-state index in [1.807, 2.05) is 53.7 Å². The van der Waals surface area contributed by atoms with Gasteiger partial charge in [0.25, 0.3) is 0 Å². The van der Waals surface area contributed by atoms with E-state index in [0.29, 0.717) is 6.54 Å². The fraction of sp³-hybridized carbons (Fsp3) is 0.429. The predicted molar refractivity (Wildman–Crippen MR) is 114 cm³/mol. The van der Waals surface area contributed by atoms with E-state index in [-0.39, 0.29) is 6.03 Å². The molecule has 1 aliphatic rings. The molecule has 0 radical (unpaired) electrons. The van der Waals surface area contributed by atoms with Crippen LogP contribution in [0.4, 0.5) is 10.5 Å². The molecule has 3 N–H and O–H groups in total. The second-order valence-corrected chi connectivity index (χ2v) is 6.87. The number of carbonyl (C=O) groups is 1. The number of nitrogens with one attached hydrogen (secondary N) is 3. The van der Waals surface area contributed by atoms with E-state index in [2.05, 4.69) is 32.4 Å². The van der Waals surface area contributed by atoms with Gasteiger partial charge in [-0.1, -0.05) is 12.1 Å². The first kappa shape index (κ1) is 19.8. The normalized spacial score (nSPS) is 14.2. The third kappa shape index (κ3) is 6.04. The monoisotopic (exact) mass is 382 g/mol. The first-order valence-corrected chi connectivity index (χ1v) is 10.0. The highest BCUT2D eigenvalue weighted by atomic mass is 16.2. The summed E-state index contributed by atoms with van der Waals surface area (Å²) in [7, 11) is 0. The lowest BCUT2D eigenvalue weighted by Crippen LogP contribution is -2.38. The third-order valence-corrected chi connectivity index (χ3v) is 4.66. The number of hydrogen-bond donors (Lipinski definition) is 3. The third-order valence-electron chi connectivity index (χ3n) is 4.66. The van der Waals surface area contributed by atoms with Crippen LogP contribution in [0.25, 0.3) is 0 Å². The molecule has 0 spiro atoms. The summed E-state index contributed by atoms with van der Waals surface area (Å²) in [4.78, 5) is 18.8. The topological polar surface area (TPSA) is 73.7 Å². The number of aliphatic imine (C=N–C) groups is 1. The van der Waals surface area contributed by atoms with Crippen LogP contribution in [0, 0.1) is 0 Å². The first-order chi connectivity index (χ1) is 13.7. The zero-order valence-electron chi connectivity index (χ0n) is 16.5. The summed E-state index contributed by atoms with van der Waals surface area (Å²) >= 11 is 0. The van der Waals surface area contributed by atoms with Crippen LogP contribution >= 0.6 is 0 Å². The molecule has 1 saturated heterocycles. The maximum absolute atomic E-state index is 12.3. The Bertz CT molecular complexity index is 765. The van der Waals surface area contributed by atoms with Crippen LogP contribution in [0.3, 0.4) is 0 Å². The molecule has 1 aliphatic heterocycles. The van der Waals surface area contributed by atoms with E-state index in [9.17, 15) is 4.79 Å². The largest absolute Gasteiger partial charge is 0.357 e. The summed E-state index contributed by atoms with van der Waals surface area (Å²) in [5, 5.41) is 9.62. The number of carbonyl (C=O) groups excluding carboxylic acids is 1. The quantitative estimate of drug-likeness (QED) is 0.509. The molecule has 0 bridgehead atoms. The number of anilines is 1. The molecule has 2 amide bonds. The number of nitrogens with zero attached hydrogens (tertiary/aromatic N) is 3. The van der Waals surface area contributed by atoms with Crippen LogP contribution in [0.15, 0.2) is 53.8 Å². The SMILES string of the molecule is CCNC(=NCc1cccc(NC(=O)N2CCCC2)c1)NCCn1cccc1. The van der Waals surface area contributed by atoms with Gasteiger partial charge in [-0.2, -0.15) is 0 Å². The summed E-state index contributed by atoms with van der Waals surface area (Å²) in [5.41, 5.74) is 1.87. The van der Waals surface area contributed by atoms with E-state index in [1.54, 1.807) is 0 Å². The molecule has 28 heavy (non-hydrogen) atoms. The summed E-state index contributed by atoms with van der Waals surface area (Å²) in [6.45, 7) is 6.78. The van der Waals surface area contributed by atoms with Gasteiger partial charge in [0.15, 0.2) is 5.96 Å². The van der Waals surface area contributed by atoms with Gasteiger partial charge in [-0.3, -0.25) is 0 Å². The number of aromatic nitrogens is 1. The molecule has 2 heterocycles. The van der Waals surface area contributed by atoms with E-state index < -0.39 is 0 Å². The van der Waals surface area contributed by atoms with Crippen LogP contribution in [0.5, 0.6) is 0 Å².